The topological polar surface area (TPSA) is 117 Å². The molecular weight excluding hydrogens is 472 g/mol. The predicted molar refractivity (Wildman–Crippen MR) is 130 cm³/mol. The fourth-order valence-electron chi connectivity index (χ4n) is 5.03. The Hall–Kier alpha value is -2.75. The van der Waals surface area contributed by atoms with Crippen molar-refractivity contribution in [1.29, 1.82) is 0 Å². The van der Waals surface area contributed by atoms with Gasteiger partial charge >= 0.3 is 5.69 Å². The van der Waals surface area contributed by atoms with Crippen molar-refractivity contribution < 1.29 is 19.7 Å². The summed E-state index contributed by atoms with van der Waals surface area (Å²) in [4.78, 5) is 25.8. The van der Waals surface area contributed by atoms with E-state index in [-0.39, 0.29) is 6.61 Å². The molecule has 3 aromatic rings. The van der Waals surface area contributed by atoms with Crippen LogP contribution in [0, 0.1) is 0 Å². The summed E-state index contributed by atoms with van der Waals surface area (Å²) in [6.07, 6.45) is 0.635. The number of nitrogens with one attached hydrogen (secondary N) is 1. The number of aryl methyl sites for hydroxylation is 2. The smallest absolute Gasteiger partial charge is 0.330 e. The van der Waals surface area contributed by atoms with Crippen molar-refractivity contribution in [2.75, 3.05) is 6.61 Å². The van der Waals surface area contributed by atoms with E-state index in [0.29, 0.717) is 6.42 Å². The van der Waals surface area contributed by atoms with E-state index in [1.54, 1.807) is 0 Å². The van der Waals surface area contributed by atoms with Gasteiger partial charge in [-0.3, -0.25) is 14.3 Å². The molecular formula is C26H27ClN2O6. The second kappa shape index (κ2) is 9.72. The molecule has 2 aliphatic rings. The quantitative estimate of drug-likeness (QED) is 0.429. The number of ether oxygens (including phenoxy) is 2. The number of aromatic nitrogens is 2. The third-order valence-electron chi connectivity index (χ3n) is 6.92. The number of epoxide rings is 1. The minimum absolute atomic E-state index is 0.106. The van der Waals surface area contributed by atoms with Crippen molar-refractivity contribution >= 4 is 11.6 Å². The van der Waals surface area contributed by atoms with Crippen LogP contribution in [0.4, 0.5) is 0 Å². The fraction of sp³-hybridized carbons (Fsp3) is 0.385. The number of benzene rings is 2. The van der Waals surface area contributed by atoms with E-state index < -0.39 is 41.4 Å². The van der Waals surface area contributed by atoms with Crippen LogP contribution in [0.3, 0.4) is 0 Å². The summed E-state index contributed by atoms with van der Waals surface area (Å²) < 4.78 is 12.6. The standard InChI is InChI=1S/C26H27ClN2O6/c27-19-10-4-6-16(13-19)5-3-9-17-7-1-2-8-18(17)14-21-26(35-21)20(30)15-34-24(23(26)32)29-12-11-22(31)28-25(29)33/h1-2,4,6-8,10-13,20-21,23-24,30,32H,3,5,9,14-15H2,(H,28,31,33)/t20-,21?,23+,24-,26+/m1/s1. The number of H-pyrrole nitrogens is 1. The van der Waals surface area contributed by atoms with Crippen molar-refractivity contribution in [2.45, 2.75) is 55.8 Å². The number of aliphatic hydroxyl groups excluding tert-OH is 2. The summed E-state index contributed by atoms with van der Waals surface area (Å²) >= 11 is 6.09. The van der Waals surface area contributed by atoms with Gasteiger partial charge in [-0.05, 0) is 48.1 Å². The van der Waals surface area contributed by atoms with Crippen LogP contribution in [0.25, 0.3) is 0 Å². The van der Waals surface area contributed by atoms with E-state index in [0.717, 1.165) is 34.4 Å². The van der Waals surface area contributed by atoms with Crippen LogP contribution >= 0.6 is 11.6 Å². The van der Waals surface area contributed by atoms with Gasteiger partial charge in [-0.1, -0.05) is 48.0 Å². The minimum Gasteiger partial charge on any atom is -0.387 e. The Bertz CT molecular complexity index is 1320. The van der Waals surface area contributed by atoms with E-state index in [9.17, 15) is 19.8 Å². The molecule has 0 radical (unpaired) electrons. The van der Waals surface area contributed by atoms with Gasteiger partial charge in [0, 0.05) is 23.7 Å². The Morgan fingerprint density at radius 2 is 1.86 bits per heavy atom. The third kappa shape index (κ3) is 4.72. The lowest BCUT2D eigenvalue weighted by atomic mass is 9.85. The molecule has 184 valence electrons. The Morgan fingerprint density at radius 3 is 2.63 bits per heavy atom. The van der Waals surface area contributed by atoms with Crippen molar-refractivity contribution in [3.05, 3.63) is 103 Å². The summed E-state index contributed by atoms with van der Waals surface area (Å²) in [7, 11) is 0. The Labute approximate surface area is 206 Å². The molecule has 2 saturated heterocycles. The first-order valence-electron chi connectivity index (χ1n) is 11.7. The van der Waals surface area contributed by atoms with E-state index >= 15 is 0 Å². The van der Waals surface area contributed by atoms with Crippen LogP contribution in [-0.2, 0) is 28.7 Å². The Morgan fingerprint density at radius 1 is 1.06 bits per heavy atom. The molecule has 3 N–H and O–H groups in total. The van der Waals surface area contributed by atoms with Gasteiger partial charge in [0.15, 0.2) is 11.8 Å². The highest BCUT2D eigenvalue weighted by Gasteiger charge is 2.69. The SMILES string of the molecule is O=c1ccn([C@@H]2OC[C@@H](O)[C@@]3(OC3Cc3ccccc3CCCc3cccc(Cl)c3)[C@H]2O)c(=O)[nH]1. The molecule has 5 rings (SSSR count). The van der Waals surface area contributed by atoms with Gasteiger partial charge in [0.1, 0.15) is 12.2 Å². The van der Waals surface area contributed by atoms with Gasteiger partial charge in [-0.2, -0.15) is 0 Å². The lowest BCUT2D eigenvalue weighted by Gasteiger charge is -2.37. The number of hydrogen-bond donors (Lipinski definition) is 3. The lowest BCUT2D eigenvalue weighted by molar-refractivity contribution is -0.196. The molecule has 5 atom stereocenters. The predicted octanol–water partition coefficient (Wildman–Crippen LogP) is 2.00. The van der Waals surface area contributed by atoms with Crippen LogP contribution in [0.15, 0.2) is 70.4 Å². The maximum absolute atomic E-state index is 12.2. The zero-order valence-electron chi connectivity index (χ0n) is 19.0. The number of halogens is 1. The maximum atomic E-state index is 12.2. The van der Waals surface area contributed by atoms with Crippen LogP contribution in [0.2, 0.25) is 5.02 Å². The highest BCUT2D eigenvalue weighted by molar-refractivity contribution is 6.30. The molecule has 1 unspecified atom stereocenters. The molecule has 3 heterocycles. The van der Waals surface area contributed by atoms with E-state index in [1.165, 1.54) is 23.4 Å². The first-order valence-corrected chi connectivity index (χ1v) is 12.0. The van der Waals surface area contributed by atoms with Crippen molar-refractivity contribution in [3.8, 4) is 0 Å². The zero-order valence-corrected chi connectivity index (χ0v) is 19.7. The average Bonchev–Trinajstić information content (AvgIpc) is 3.54. The van der Waals surface area contributed by atoms with E-state index in [4.69, 9.17) is 21.1 Å². The number of aromatic amines is 1. The summed E-state index contributed by atoms with van der Waals surface area (Å²) in [5.41, 5.74) is 0.978. The summed E-state index contributed by atoms with van der Waals surface area (Å²) in [6, 6.07) is 17.1. The molecule has 0 aliphatic carbocycles. The molecule has 0 bridgehead atoms. The molecule has 2 aliphatic heterocycles. The first kappa shape index (κ1) is 24.0. The highest BCUT2D eigenvalue weighted by atomic mass is 35.5. The molecule has 0 amide bonds. The van der Waals surface area contributed by atoms with Crippen molar-refractivity contribution in [2.24, 2.45) is 0 Å². The van der Waals surface area contributed by atoms with Gasteiger partial charge in [-0.25, -0.2) is 4.79 Å². The summed E-state index contributed by atoms with van der Waals surface area (Å²) in [6.45, 7) is -0.106. The van der Waals surface area contributed by atoms with E-state index in [1.807, 2.05) is 36.4 Å². The molecule has 35 heavy (non-hydrogen) atoms. The fourth-order valence-corrected chi connectivity index (χ4v) is 5.25. The molecule has 0 saturated carbocycles. The van der Waals surface area contributed by atoms with E-state index in [2.05, 4.69) is 17.1 Å². The van der Waals surface area contributed by atoms with Crippen LogP contribution < -0.4 is 11.2 Å². The maximum Gasteiger partial charge on any atom is 0.330 e. The average molecular weight is 499 g/mol. The van der Waals surface area contributed by atoms with Gasteiger partial charge in [0.2, 0.25) is 0 Å². The summed E-state index contributed by atoms with van der Waals surface area (Å²) in [5, 5.41) is 22.5. The third-order valence-corrected chi connectivity index (χ3v) is 7.16. The number of hydrogen-bond acceptors (Lipinski definition) is 6. The van der Waals surface area contributed by atoms with Crippen LogP contribution in [-0.4, -0.2) is 50.3 Å². The largest absolute Gasteiger partial charge is 0.387 e. The van der Waals surface area contributed by atoms with Crippen LogP contribution in [0.1, 0.15) is 29.3 Å². The van der Waals surface area contributed by atoms with Gasteiger partial charge < -0.3 is 19.7 Å². The van der Waals surface area contributed by atoms with Gasteiger partial charge in [-0.15, -0.1) is 0 Å². The minimum atomic E-state index is -1.30. The van der Waals surface area contributed by atoms with Gasteiger partial charge in [0.25, 0.3) is 5.56 Å². The number of aliphatic hydroxyl groups is 2. The van der Waals surface area contributed by atoms with Crippen LogP contribution in [0.5, 0.6) is 0 Å². The van der Waals surface area contributed by atoms with Crippen molar-refractivity contribution in [3.63, 3.8) is 0 Å². The molecule has 1 aromatic heterocycles. The zero-order chi connectivity index (χ0) is 24.6. The molecule has 9 heteroatoms. The Balaban J connectivity index is 1.29. The molecule has 8 nitrogen and oxygen atoms in total. The number of rotatable bonds is 7. The lowest BCUT2D eigenvalue weighted by Crippen LogP contribution is -2.56. The van der Waals surface area contributed by atoms with Crippen molar-refractivity contribution in [1.82, 2.24) is 9.55 Å². The van der Waals surface area contributed by atoms with Gasteiger partial charge in [0.05, 0.1) is 12.7 Å². The second-order valence-electron chi connectivity index (χ2n) is 9.12. The monoisotopic (exact) mass is 498 g/mol. The second-order valence-corrected chi connectivity index (χ2v) is 9.55. The molecule has 2 aromatic carbocycles. The summed E-state index contributed by atoms with van der Waals surface area (Å²) in [5.74, 6) is 0. The molecule has 1 spiro atoms. The highest BCUT2D eigenvalue weighted by Crippen LogP contribution is 2.50. The first-order chi connectivity index (χ1) is 16.9. The molecule has 2 fully saturated rings. The Kier molecular flexibility index (Phi) is 6.65. The normalized spacial score (nSPS) is 27.7. The number of nitrogens with zero attached hydrogens (tertiary/aromatic N) is 1.